The van der Waals surface area contributed by atoms with Crippen LogP contribution in [0.1, 0.15) is 30.1 Å². The number of hydrazine groups is 1. The second-order valence-corrected chi connectivity index (χ2v) is 9.60. The SMILES string of the molecule is CCC(=O)N1CCC(CS(=O)(=O)NNC(=O)c2cc(-c3cn(C)cn3)cc(Cl)c2F)C1. The number of carbonyl (C=O) groups excluding carboxylic acids is 2. The molecule has 3 rings (SSSR count). The molecule has 0 bridgehead atoms. The zero-order valence-electron chi connectivity index (χ0n) is 17.1. The molecule has 2 N–H and O–H groups in total. The molecule has 1 aromatic heterocycles. The molecule has 0 saturated carbocycles. The number of amides is 2. The van der Waals surface area contributed by atoms with Crippen LogP contribution in [0, 0.1) is 11.7 Å². The summed E-state index contributed by atoms with van der Waals surface area (Å²) in [6, 6.07) is 2.59. The van der Waals surface area contributed by atoms with Crippen molar-refractivity contribution in [2.45, 2.75) is 19.8 Å². The van der Waals surface area contributed by atoms with Crippen molar-refractivity contribution >= 4 is 33.4 Å². The van der Waals surface area contributed by atoms with Gasteiger partial charge >= 0.3 is 0 Å². The highest BCUT2D eigenvalue weighted by Crippen LogP contribution is 2.27. The molecule has 1 aliphatic heterocycles. The molecule has 0 radical (unpaired) electrons. The number of aromatic nitrogens is 2. The van der Waals surface area contributed by atoms with Crippen molar-refractivity contribution in [3.05, 3.63) is 41.1 Å². The highest BCUT2D eigenvalue weighted by molar-refractivity contribution is 7.89. The summed E-state index contributed by atoms with van der Waals surface area (Å²) in [5.41, 5.74) is 2.50. The number of rotatable bonds is 7. The van der Waals surface area contributed by atoms with Crippen LogP contribution in [0.25, 0.3) is 11.3 Å². The minimum atomic E-state index is -3.90. The first-order valence-corrected chi connectivity index (χ1v) is 11.7. The lowest BCUT2D eigenvalue weighted by molar-refractivity contribution is -0.129. The van der Waals surface area contributed by atoms with Gasteiger partial charge < -0.3 is 9.47 Å². The van der Waals surface area contributed by atoms with Gasteiger partial charge in [0, 0.05) is 38.3 Å². The number of aryl methyl sites for hydroxylation is 1. The van der Waals surface area contributed by atoms with Gasteiger partial charge in [-0.05, 0) is 24.5 Å². The number of carbonyl (C=O) groups is 2. The summed E-state index contributed by atoms with van der Waals surface area (Å²) in [7, 11) is -2.14. The van der Waals surface area contributed by atoms with E-state index in [2.05, 4.69) is 4.98 Å². The van der Waals surface area contributed by atoms with E-state index in [0.717, 1.165) is 0 Å². The lowest BCUT2D eigenvalue weighted by Crippen LogP contribution is -2.44. The fraction of sp³-hybridized carbons (Fsp3) is 0.421. The maximum Gasteiger partial charge on any atom is 0.269 e. The van der Waals surface area contributed by atoms with Gasteiger partial charge in [0.25, 0.3) is 5.91 Å². The third-order valence-corrected chi connectivity index (χ3v) is 6.59. The second-order valence-electron chi connectivity index (χ2n) is 7.43. The summed E-state index contributed by atoms with van der Waals surface area (Å²) in [6.07, 6.45) is 4.12. The smallest absolute Gasteiger partial charge is 0.269 e. The quantitative estimate of drug-likeness (QED) is 0.597. The van der Waals surface area contributed by atoms with E-state index < -0.39 is 27.3 Å². The van der Waals surface area contributed by atoms with Gasteiger partial charge in [0.05, 0.1) is 28.4 Å². The maximum absolute atomic E-state index is 14.4. The van der Waals surface area contributed by atoms with Crippen LogP contribution in [0.3, 0.4) is 0 Å². The maximum atomic E-state index is 14.4. The van der Waals surface area contributed by atoms with Crippen molar-refractivity contribution in [2.24, 2.45) is 13.0 Å². The van der Waals surface area contributed by atoms with E-state index in [1.807, 2.05) is 10.3 Å². The molecule has 0 aliphatic carbocycles. The number of sulfonamides is 1. The number of halogens is 2. The molecule has 12 heteroatoms. The Morgan fingerprint density at radius 3 is 2.74 bits per heavy atom. The fourth-order valence-corrected chi connectivity index (χ4v) is 4.87. The van der Waals surface area contributed by atoms with Gasteiger partial charge in [0.1, 0.15) is 0 Å². The third kappa shape index (κ3) is 5.60. The summed E-state index contributed by atoms with van der Waals surface area (Å²) in [6.45, 7) is 2.60. The molecule has 1 saturated heterocycles. The van der Waals surface area contributed by atoms with Crippen molar-refractivity contribution in [3.63, 3.8) is 0 Å². The topological polar surface area (TPSA) is 113 Å². The molecule has 1 fully saturated rings. The first kappa shape index (κ1) is 23.2. The van der Waals surface area contributed by atoms with E-state index in [1.54, 1.807) is 36.0 Å². The monoisotopic (exact) mass is 471 g/mol. The van der Waals surface area contributed by atoms with Gasteiger partial charge in [-0.15, -0.1) is 4.83 Å². The Morgan fingerprint density at radius 1 is 1.35 bits per heavy atom. The summed E-state index contributed by atoms with van der Waals surface area (Å²) in [5, 5.41) is -0.289. The summed E-state index contributed by atoms with van der Waals surface area (Å²) in [4.78, 5) is 31.9. The van der Waals surface area contributed by atoms with Crippen LogP contribution in [0.4, 0.5) is 4.39 Å². The van der Waals surface area contributed by atoms with Gasteiger partial charge in [-0.1, -0.05) is 18.5 Å². The molecule has 1 aliphatic rings. The summed E-state index contributed by atoms with van der Waals surface area (Å²) in [5.74, 6) is -2.50. The summed E-state index contributed by atoms with van der Waals surface area (Å²) < 4.78 is 40.8. The Balaban J connectivity index is 1.66. The van der Waals surface area contributed by atoms with Gasteiger partial charge in [-0.3, -0.25) is 15.0 Å². The Hall–Kier alpha value is -2.50. The first-order valence-electron chi connectivity index (χ1n) is 9.64. The molecule has 2 amide bonds. The molecule has 1 atom stereocenters. The number of likely N-dealkylation sites (tertiary alicyclic amines) is 1. The normalized spacial score (nSPS) is 16.5. The van der Waals surface area contributed by atoms with Gasteiger partial charge in [-0.2, -0.15) is 0 Å². The number of nitrogens with zero attached hydrogens (tertiary/aromatic N) is 3. The number of nitrogens with one attached hydrogen (secondary N) is 2. The van der Waals surface area contributed by atoms with Gasteiger partial charge in [0.15, 0.2) is 5.82 Å². The lowest BCUT2D eigenvalue weighted by Gasteiger charge is -2.16. The van der Waals surface area contributed by atoms with E-state index >= 15 is 0 Å². The van der Waals surface area contributed by atoms with E-state index in [-0.39, 0.29) is 22.6 Å². The van der Waals surface area contributed by atoms with Crippen LogP contribution in [0.15, 0.2) is 24.7 Å². The predicted octanol–water partition coefficient (Wildman–Crippen LogP) is 1.70. The molecule has 1 aromatic carbocycles. The third-order valence-electron chi connectivity index (χ3n) is 4.99. The van der Waals surface area contributed by atoms with Crippen molar-refractivity contribution in [3.8, 4) is 11.3 Å². The highest BCUT2D eigenvalue weighted by atomic mass is 35.5. The zero-order valence-corrected chi connectivity index (χ0v) is 18.6. The number of imidazole rings is 1. The van der Waals surface area contributed by atoms with Crippen LogP contribution in [0.5, 0.6) is 0 Å². The van der Waals surface area contributed by atoms with Gasteiger partial charge in [0.2, 0.25) is 15.9 Å². The number of benzene rings is 1. The predicted molar refractivity (Wildman–Crippen MR) is 113 cm³/mol. The molecular formula is C19H23ClFN5O4S. The van der Waals surface area contributed by atoms with E-state index in [0.29, 0.717) is 37.2 Å². The Morgan fingerprint density at radius 2 is 2.10 bits per heavy atom. The molecule has 168 valence electrons. The van der Waals surface area contributed by atoms with E-state index in [4.69, 9.17) is 11.6 Å². The van der Waals surface area contributed by atoms with E-state index in [1.165, 1.54) is 12.1 Å². The van der Waals surface area contributed by atoms with Gasteiger partial charge in [-0.25, -0.2) is 17.8 Å². The molecule has 2 heterocycles. The second kappa shape index (κ2) is 9.33. The van der Waals surface area contributed by atoms with Crippen molar-refractivity contribution in [2.75, 3.05) is 18.8 Å². The van der Waals surface area contributed by atoms with Crippen LogP contribution >= 0.6 is 11.6 Å². The first-order chi connectivity index (χ1) is 14.6. The number of hydrogen-bond acceptors (Lipinski definition) is 5. The standard InChI is InChI=1S/C19H23ClFN5O4S/c1-3-17(27)26-5-4-12(8-26)10-31(29,30)24-23-19(28)14-6-13(7-15(20)18(14)21)16-9-25(2)11-22-16/h6-7,9,11-12,24H,3-5,8,10H2,1-2H3,(H,23,28). The molecular weight excluding hydrogens is 449 g/mol. The van der Waals surface area contributed by atoms with Crippen molar-refractivity contribution < 1.29 is 22.4 Å². The Kier molecular flexibility index (Phi) is 6.97. The molecule has 2 aromatic rings. The fourth-order valence-electron chi connectivity index (χ4n) is 3.43. The average Bonchev–Trinajstić information content (AvgIpc) is 3.36. The molecule has 1 unspecified atom stereocenters. The van der Waals surface area contributed by atoms with Crippen molar-refractivity contribution in [1.29, 1.82) is 0 Å². The zero-order chi connectivity index (χ0) is 22.8. The lowest BCUT2D eigenvalue weighted by atomic mass is 10.1. The largest absolute Gasteiger partial charge is 0.342 e. The summed E-state index contributed by atoms with van der Waals surface area (Å²) >= 11 is 5.91. The van der Waals surface area contributed by atoms with Crippen LogP contribution in [-0.2, 0) is 21.9 Å². The Bertz CT molecular complexity index is 1100. The molecule has 9 nitrogen and oxygen atoms in total. The van der Waals surface area contributed by atoms with Crippen LogP contribution < -0.4 is 10.3 Å². The van der Waals surface area contributed by atoms with Crippen LogP contribution in [0.2, 0.25) is 5.02 Å². The van der Waals surface area contributed by atoms with E-state index in [9.17, 15) is 22.4 Å². The van der Waals surface area contributed by atoms with Crippen molar-refractivity contribution in [1.82, 2.24) is 24.7 Å². The average molecular weight is 472 g/mol. The molecule has 0 spiro atoms. The highest BCUT2D eigenvalue weighted by Gasteiger charge is 2.29. The number of hydrogen-bond donors (Lipinski definition) is 2. The minimum absolute atomic E-state index is 0.0266. The van der Waals surface area contributed by atoms with Crippen LogP contribution in [-0.4, -0.2) is 53.5 Å². The molecule has 31 heavy (non-hydrogen) atoms. The minimum Gasteiger partial charge on any atom is -0.342 e. The Labute approximate surface area is 184 Å².